The number of hydrogen-bond acceptors (Lipinski definition) is 3. The first-order chi connectivity index (χ1) is 8.60. The van der Waals surface area contributed by atoms with Gasteiger partial charge in [0.05, 0.1) is 7.11 Å². The Kier molecular flexibility index (Phi) is 6.11. The number of hydrogen-bond donors (Lipinski definition) is 1. The highest BCUT2D eigenvalue weighted by molar-refractivity contribution is 5.85. The smallest absolute Gasteiger partial charge is 0.124 e. The predicted molar refractivity (Wildman–Crippen MR) is 82.5 cm³/mol. The minimum Gasteiger partial charge on any atom is -0.496 e. The molecule has 1 fully saturated rings. The Balaban J connectivity index is 0.00000180. The lowest BCUT2D eigenvalue weighted by atomic mass is 10.0. The molecule has 1 heterocycles. The van der Waals surface area contributed by atoms with Gasteiger partial charge in [-0.05, 0) is 37.5 Å². The summed E-state index contributed by atoms with van der Waals surface area (Å²) in [6.07, 6.45) is 0. The summed E-state index contributed by atoms with van der Waals surface area (Å²) in [7, 11) is 1.74. The van der Waals surface area contributed by atoms with Crippen molar-refractivity contribution >= 4 is 12.4 Å². The van der Waals surface area contributed by atoms with E-state index in [1.807, 2.05) is 0 Å². The van der Waals surface area contributed by atoms with Gasteiger partial charge in [0, 0.05) is 32.2 Å². The summed E-state index contributed by atoms with van der Waals surface area (Å²) >= 11 is 0. The van der Waals surface area contributed by atoms with Gasteiger partial charge in [-0.2, -0.15) is 0 Å². The largest absolute Gasteiger partial charge is 0.496 e. The van der Waals surface area contributed by atoms with Crippen LogP contribution in [-0.2, 0) is 6.54 Å². The quantitative estimate of drug-likeness (QED) is 0.923. The van der Waals surface area contributed by atoms with Crippen molar-refractivity contribution in [2.75, 3.05) is 26.7 Å². The molecule has 1 aliphatic heterocycles. The Labute approximate surface area is 122 Å². The number of halogens is 1. The summed E-state index contributed by atoms with van der Waals surface area (Å²) in [4.78, 5) is 2.52. The molecule has 0 amide bonds. The van der Waals surface area contributed by atoms with Gasteiger partial charge in [-0.1, -0.05) is 12.1 Å². The molecule has 0 bridgehead atoms. The number of aryl methyl sites for hydroxylation is 2. The zero-order valence-electron chi connectivity index (χ0n) is 12.3. The molecule has 0 saturated carbocycles. The summed E-state index contributed by atoms with van der Waals surface area (Å²) in [5.74, 6) is 1.02. The van der Waals surface area contributed by atoms with Gasteiger partial charge in [-0.25, -0.2) is 0 Å². The van der Waals surface area contributed by atoms with Gasteiger partial charge < -0.3 is 10.1 Å². The monoisotopic (exact) mass is 284 g/mol. The van der Waals surface area contributed by atoms with Gasteiger partial charge in [0.1, 0.15) is 5.75 Å². The van der Waals surface area contributed by atoms with Gasteiger partial charge in [0.15, 0.2) is 0 Å². The van der Waals surface area contributed by atoms with E-state index in [-0.39, 0.29) is 12.4 Å². The maximum absolute atomic E-state index is 5.41. The molecule has 0 unspecified atom stereocenters. The predicted octanol–water partition coefficient (Wildman–Crippen LogP) is 2.53. The second kappa shape index (κ2) is 7.13. The number of methoxy groups -OCH3 is 1. The third-order valence-corrected chi connectivity index (χ3v) is 3.58. The molecule has 3 nitrogen and oxygen atoms in total. The van der Waals surface area contributed by atoms with Crippen molar-refractivity contribution in [1.82, 2.24) is 10.2 Å². The van der Waals surface area contributed by atoms with Crippen LogP contribution in [0.5, 0.6) is 5.75 Å². The Morgan fingerprint density at radius 2 is 1.95 bits per heavy atom. The first-order valence-electron chi connectivity index (χ1n) is 6.70. The van der Waals surface area contributed by atoms with Gasteiger partial charge >= 0.3 is 0 Å². The van der Waals surface area contributed by atoms with Crippen LogP contribution < -0.4 is 10.1 Å². The summed E-state index contributed by atoms with van der Waals surface area (Å²) in [6.45, 7) is 10.9. The van der Waals surface area contributed by atoms with Crippen molar-refractivity contribution < 1.29 is 4.74 Å². The van der Waals surface area contributed by atoms with Crippen LogP contribution in [0.4, 0.5) is 0 Å². The lowest BCUT2D eigenvalue weighted by Crippen LogP contribution is -2.48. The van der Waals surface area contributed by atoms with Crippen LogP contribution in [0.1, 0.15) is 23.6 Å². The minimum atomic E-state index is 0. The number of benzene rings is 1. The molecule has 1 saturated heterocycles. The van der Waals surface area contributed by atoms with Crippen LogP contribution in [-0.4, -0.2) is 37.7 Å². The van der Waals surface area contributed by atoms with Crippen LogP contribution in [0, 0.1) is 13.8 Å². The Hall–Kier alpha value is -0.770. The van der Waals surface area contributed by atoms with Gasteiger partial charge in [-0.15, -0.1) is 12.4 Å². The molecule has 0 radical (unpaired) electrons. The highest BCUT2D eigenvalue weighted by atomic mass is 35.5. The Bertz CT molecular complexity index is 400. The lowest BCUT2D eigenvalue weighted by molar-refractivity contribution is 0.199. The van der Waals surface area contributed by atoms with E-state index in [0.717, 1.165) is 31.9 Å². The average molecular weight is 285 g/mol. The van der Waals surface area contributed by atoms with Crippen molar-refractivity contribution in [1.29, 1.82) is 0 Å². The maximum atomic E-state index is 5.41. The third kappa shape index (κ3) is 4.10. The first-order valence-corrected chi connectivity index (χ1v) is 6.70. The fourth-order valence-electron chi connectivity index (χ4n) is 2.87. The number of rotatable bonds is 3. The highest BCUT2D eigenvalue weighted by Crippen LogP contribution is 2.25. The SMILES string of the molecule is COc1c(C)cc(CN2CCN[C@H](C)C2)cc1C.Cl. The normalized spacial score (nSPS) is 19.9. The van der Waals surface area contributed by atoms with Gasteiger partial charge in [0.25, 0.3) is 0 Å². The van der Waals surface area contributed by atoms with Crippen LogP contribution in [0.2, 0.25) is 0 Å². The van der Waals surface area contributed by atoms with Crippen molar-refractivity contribution in [2.24, 2.45) is 0 Å². The zero-order valence-corrected chi connectivity index (χ0v) is 13.1. The first kappa shape index (κ1) is 16.3. The summed E-state index contributed by atoms with van der Waals surface area (Å²) < 4.78 is 5.41. The van der Waals surface area contributed by atoms with Crippen molar-refractivity contribution in [2.45, 2.75) is 33.4 Å². The lowest BCUT2D eigenvalue weighted by Gasteiger charge is -2.32. The molecule has 0 spiro atoms. The number of ether oxygens (including phenoxy) is 1. The van der Waals surface area contributed by atoms with E-state index in [0.29, 0.717) is 6.04 Å². The minimum absolute atomic E-state index is 0. The summed E-state index contributed by atoms with van der Waals surface area (Å²) in [5, 5.41) is 3.48. The van der Waals surface area contributed by atoms with E-state index in [2.05, 4.69) is 43.1 Å². The maximum Gasteiger partial charge on any atom is 0.124 e. The van der Waals surface area contributed by atoms with Crippen molar-refractivity contribution in [3.8, 4) is 5.75 Å². The van der Waals surface area contributed by atoms with Gasteiger partial charge in [-0.3, -0.25) is 4.90 Å². The molecular formula is C15H25ClN2O. The van der Waals surface area contributed by atoms with E-state index in [1.165, 1.54) is 16.7 Å². The van der Waals surface area contributed by atoms with E-state index >= 15 is 0 Å². The third-order valence-electron chi connectivity index (χ3n) is 3.58. The Morgan fingerprint density at radius 3 is 2.47 bits per heavy atom. The van der Waals surface area contributed by atoms with E-state index in [9.17, 15) is 0 Å². The van der Waals surface area contributed by atoms with Crippen LogP contribution in [0.25, 0.3) is 0 Å². The molecule has 19 heavy (non-hydrogen) atoms. The molecule has 1 aromatic rings. The van der Waals surface area contributed by atoms with E-state index in [1.54, 1.807) is 7.11 Å². The molecule has 4 heteroatoms. The fraction of sp³-hybridized carbons (Fsp3) is 0.600. The molecule has 1 aromatic carbocycles. The van der Waals surface area contributed by atoms with Crippen LogP contribution in [0.15, 0.2) is 12.1 Å². The van der Waals surface area contributed by atoms with E-state index in [4.69, 9.17) is 4.74 Å². The second-order valence-electron chi connectivity index (χ2n) is 5.35. The number of piperazine rings is 1. The van der Waals surface area contributed by atoms with Crippen LogP contribution >= 0.6 is 12.4 Å². The molecular weight excluding hydrogens is 260 g/mol. The summed E-state index contributed by atoms with van der Waals surface area (Å²) in [6, 6.07) is 5.09. The number of nitrogens with zero attached hydrogens (tertiary/aromatic N) is 1. The molecule has 0 aromatic heterocycles. The Morgan fingerprint density at radius 1 is 1.32 bits per heavy atom. The molecule has 0 aliphatic carbocycles. The molecule has 1 N–H and O–H groups in total. The topological polar surface area (TPSA) is 24.5 Å². The fourth-order valence-corrected chi connectivity index (χ4v) is 2.87. The summed E-state index contributed by atoms with van der Waals surface area (Å²) in [5.41, 5.74) is 3.85. The average Bonchev–Trinajstić information content (AvgIpc) is 2.28. The van der Waals surface area contributed by atoms with Crippen molar-refractivity contribution in [3.63, 3.8) is 0 Å². The molecule has 1 aliphatic rings. The van der Waals surface area contributed by atoms with Gasteiger partial charge in [0.2, 0.25) is 0 Å². The molecule has 108 valence electrons. The van der Waals surface area contributed by atoms with Crippen molar-refractivity contribution in [3.05, 3.63) is 28.8 Å². The second-order valence-corrected chi connectivity index (χ2v) is 5.35. The van der Waals surface area contributed by atoms with Crippen LogP contribution in [0.3, 0.4) is 0 Å². The zero-order chi connectivity index (χ0) is 13.1. The number of nitrogens with one attached hydrogen (secondary N) is 1. The highest BCUT2D eigenvalue weighted by Gasteiger charge is 2.16. The molecule has 2 rings (SSSR count). The van der Waals surface area contributed by atoms with E-state index < -0.39 is 0 Å². The molecule has 1 atom stereocenters. The standard InChI is InChI=1S/C15H24N2O.ClH/c1-11-7-14(8-12(2)15(11)18-4)10-17-6-5-16-13(3)9-17;/h7-8,13,16H,5-6,9-10H2,1-4H3;1H/t13-;/m1./s1.